The third-order valence-corrected chi connectivity index (χ3v) is 6.75. The van der Waals surface area contributed by atoms with Crippen LogP contribution in [-0.4, -0.2) is 49.9 Å². The molecule has 0 radical (unpaired) electrons. The summed E-state index contributed by atoms with van der Waals surface area (Å²) in [6.45, 7) is 3.58. The maximum Gasteiger partial charge on any atom is 0.337 e. The number of nitrogens with zero attached hydrogens (tertiary/aromatic N) is 1. The van der Waals surface area contributed by atoms with Crippen LogP contribution in [0.1, 0.15) is 31.2 Å². The Hall–Kier alpha value is -4.19. The van der Waals surface area contributed by atoms with Crippen molar-refractivity contribution in [2.24, 2.45) is 5.10 Å². The summed E-state index contributed by atoms with van der Waals surface area (Å²) in [4.78, 5) is 24.5. The number of hydrogen-bond donors (Lipinski definition) is 4. The molecule has 0 fully saturated rings. The lowest BCUT2D eigenvalue weighted by Gasteiger charge is -2.28. The topological polar surface area (TPSA) is 144 Å². The number of hydrazone groups is 1. The van der Waals surface area contributed by atoms with Gasteiger partial charge in [-0.15, -0.1) is 0 Å². The SMILES string of the molecule is CCOc1cc([C@@H]2NC(=O)NC(C)=C2C(=O)OC)ccc1OC[C@@H](O)N/N=C/c1ccc(-c2cccc(Cl)c2Cl)o1. The van der Waals surface area contributed by atoms with Gasteiger partial charge in [0.25, 0.3) is 0 Å². The van der Waals surface area contributed by atoms with Crippen molar-refractivity contribution >= 4 is 41.4 Å². The highest BCUT2D eigenvalue weighted by Gasteiger charge is 2.32. The predicted octanol–water partition coefficient (Wildman–Crippen LogP) is 4.77. The van der Waals surface area contributed by atoms with Crippen LogP contribution in [0.15, 0.2) is 69.3 Å². The highest BCUT2D eigenvalue weighted by atomic mass is 35.5. The number of hydrogen-bond acceptors (Lipinski definition) is 9. The number of halogens is 2. The summed E-state index contributed by atoms with van der Waals surface area (Å²) in [5, 5.41) is 20.4. The van der Waals surface area contributed by atoms with Crippen LogP contribution >= 0.6 is 23.2 Å². The lowest BCUT2D eigenvalue weighted by Crippen LogP contribution is -2.45. The molecule has 1 aromatic heterocycles. The molecule has 41 heavy (non-hydrogen) atoms. The lowest BCUT2D eigenvalue weighted by atomic mass is 9.95. The minimum atomic E-state index is -1.17. The molecular formula is C28H28Cl2N4O7. The van der Waals surface area contributed by atoms with E-state index in [1.165, 1.54) is 13.3 Å². The molecule has 0 aliphatic carbocycles. The van der Waals surface area contributed by atoms with Crippen molar-refractivity contribution in [1.29, 1.82) is 0 Å². The molecule has 4 rings (SSSR count). The molecule has 2 atom stereocenters. The number of amides is 2. The van der Waals surface area contributed by atoms with E-state index < -0.39 is 24.3 Å². The van der Waals surface area contributed by atoms with Crippen LogP contribution in [0.4, 0.5) is 4.79 Å². The molecule has 2 aromatic carbocycles. The van der Waals surface area contributed by atoms with Crippen LogP contribution in [0.25, 0.3) is 11.3 Å². The number of furan rings is 1. The Morgan fingerprint density at radius 2 is 2.00 bits per heavy atom. The molecule has 3 aromatic rings. The van der Waals surface area contributed by atoms with E-state index in [0.717, 1.165) is 0 Å². The second kappa shape index (κ2) is 13.4. The normalized spacial score (nSPS) is 15.8. The highest BCUT2D eigenvalue weighted by molar-refractivity contribution is 6.43. The molecule has 2 amide bonds. The quantitative estimate of drug-likeness (QED) is 0.106. The Balaban J connectivity index is 1.40. The largest absolute Gasteiger partial charge is 0.490 e. The zero-order valence-corrected chi connectivity index (χ0v) is 23.9. The van der Waals surface area contributed by atoms with Crippen molar-refractivity contribution < 1.29 is 33.3 Å². The summed E-state index contributed by atoms with van der Waals surface area (Å²) in [5.74, 6) is 1.06. The van der Waals surface area contributed by atoms with Crippen molar-refractivity contribution in [3.63, 3.8) is 0 Å². The average molecular weight is 603 g/mol. The first kappa shape index (κ1) is 29.8. The fourth-order valence-corrected chi connectivity index (χ4v) is 4.46. The number of esters is 1. The Bertz CT molecular complexity index is 1490. The molecule has 11 nitrogen and oxygen atoms in total. The van der Waals surface area contributed by atoms with E-state index in [0.29, 0.717) is 56.5 Å². The second-order valence-corrected chi connectivity index (χ2v) is 9.50. The van der Waals surface area contributed by atoms with E-state index >= 15 is 0 Å². The Labute approximate surface area is 246 Å². The zero-order chi connectivity index (χ0) is 29.5. The van der Waals surface area contributed by atoms with Gasteiger partial charge in [0.2, 0.25) is 0 Å². The molecule has 0 unspecified atom stereocenters. The van der Waals surface area contributed by atoms with Crippen molar-refractivity contribution in [3.8, 4) is 22.8 Å². The van der Waals surface area contributed by atoms with Crippen molar-refractivity contribution in [2.75, 3.05) is 20.3 Å². The highest BCUT2D eigenvalue weighted by Crippen LogP contribution is 2.35. The Morgan fingerprint density at radius 3 is 2.76 bits per heavy atom. The molecule has 0 spiro atoms. The number of aliphatic hydroxyl groups is 1. The molecule has 216 valence electrons. The van der Waals surface area contributed by atoms with Gasteiger partial charge in [-0.05, 0) is 55.8 Å². The summed E-state index contributed by atoms with van der Waals surface area (Å²) < 4.78 is 22.1. The third kappa shape index (κ3) is 7.12. The molecule has 13 heteroatoms. The van der Waals surface area contributed by atoms with E-state index in [1.807, 2.05) is 0 Å². The van der Waals surface area contributed by atoms with Gasteiger partial charge < -0.3 is 34.4 Å². The van der Waals surface area contributed by atoms with E-state index in [-0.39, 0.29) is 12.2 Å². The minimum absolute atomic E-state index is 0.172. The molecule has 4 N–H and O–H groups in total. The Morgan fingerprint density at radius 1 is 1.20 bits per heavy atom. The van der Waals surface area contributed by atoms with E-state index in [4.69, 9.17) is 41.8 Å². The maximum absolute atomic E-state index is 12.4. The number of aliphatic hydroxyl groups excluding tert-OH is 1. The number of methoxy groups -OCH3 is 1. The molecule has 1 aliphatic rings. The van der Waals surface area contributed by atoms with Crippen LogP contribution < -0.4 is 25.5 Å². The van der Waals surface area contributed by atoms with Gasteiger partial charge in [0, 0.05) is 11.3 Å². The summed E-state index contributed by atoms with van der Waals surface area (Å²) in [6, 6.07) is 12.4. The van der Waals surface area contributed by atoms with Gasteiger partial charge in [-0.1, -0.05) is 35.3 Å². The monoisotopic (exact) mass is 602 g/mol. The summed E-state index contributed by atoms with van der Waals surface area (Å²) in [5.41, 5.74) is 4.43. The van der Waals surface area contributed by atoms with Crippen LogP contribution in [0.3, 0.4) is 0 Å². The first-order chi connectivity index (χ1) is 19.7. The standard InChI is InChI=1S/C28H28Cl2N4O7/c1-4-39-22-12-16(26-24(27(36)38-3)15(2)32-28(37)33-26)8-10-21(22)40-14-23(35)34-31-13-17-9-11-20(41-17)18-6-5-7-19(29)25(18)30/h5-13,23,26,34-35H,4,14H2,1-3H3,(H2,32,33,37)/b31-13+/t23-,26+/m1/s1. The minimum Gasteiger partial charge on any atom is -0.490 e. The van der Waals surface area contributed by atoms with Gasteiger partial charge in [-0.25, -0.2) is 9.59 Å². The van der Waals surface area contributed by atoms with E-state index in [9.17, 15) is 14.7 Å². The molecule has 1 aliphatic heterocycles. The van der Waals surface area contributed by atoms with Crippen LogP contribution in [-0.2, 0) is 9.53 Å². The van der Waals surface area contributed by atoms with Crippen LogP contribution in [0.5, 0.6) is 11.5 Å². The molecular weight excluding hydrogens is 575 g/mol. The Kier molecular flexibility index (Phi) is 9.77. The van der Waals surface area contributed by atoms with Gasteiger partial charge in [0.15, 0.2) is 17.7 Å². The van der Waals surface area contributed by atoms with Crippen LogP contribution in [0, 0.1) is 0 Å². The number of carbonyl (C=O) groups excluding carboxylic acids is 2. The van der Waals surface area contributed by atoms with Crippen molar-refractivity contribution in [2.45, 2.75) is 26.1 Å². The van der Waals surface area contributed by atoms with Crippen molar-refractivity contribution in [1.82, 2.24) is 16.1 Å². The van der Waals surface area contributed by atoms with E-state index in [1.54, 1.807) is 62.4 Å². The van der Waals surface area contributed by atoms with Gasteiger partial charge in [0.1, 0.15) is 18.1 Å². The number of rotatable bonds is 11. The van der Waals surface area contributed by atoms with Gasteiger partial charge in [-0.3, -0.25) is 5.43 Å². The lowest BCUT2D eigenvalue weighted by molar-refractivity contribution is -0.136. The van der Waals surface area contributed by atoms with Crippen molar-refractivity contribution in [3.05, 3.63) is 81.2 Å². The fourth-order valence-electron chi connectivity index (χ4n) is 4.07. The van der Waals surface area contributed by atoms with Gasteiger partial charge in [0.05, 0.1) is 41.6 Å². The van der Waals surface area contributed by atoms with Crippen LogP contribution in [0.2, 0.25) is 10.0 Å². The summed E-state index contributed by atoms with van der Waals surface area (Å²) in [7, 11) is 1.27. The number of nitrogens with one attached hydrogen (secondary N) is 3. The molecule has 0 saturated heterocycles. The maximum atomic E-state index is 12.4. The number of benzene rings is 2. The predicted molar refractivity (Wildman–Crippen MR) is 153 cm³/mol. The number of ether oxygens (including phenoxy) is 3. The second-order valence-electron chi connectivity index (χ2n) is 8.72. The first-order valence-corrected chi connectivity index (χ1v) is 13.2. The number of carbonyl (C=O) groups is 2. The number of allylic oxidation sites excluding steroid dienone is 1. The zero-order valence-electron chi connectivity index (χ0n) is 22.4. The summed E-state index contributed by atoms with van der Waals surface area (Å²) >= 11 is 12.3. The number of urea groups is 1. The fraction of sp³-hybridized carbons (Fsp3) is 0.250. The summed E-state index contributed by atoms with van der Waals surface area (Å²) in [6.07, 6.45) is 0.227. The molecule has 0 saturated carbocycles. The molecule has 2 heterocycles. The molecule has 0 bridgehead atoms. The average Bonchev–Trinajstić information content (AvgIpc) is 3.41. The third-order valence-electron chi connectivity index (χ3n) is 5.93. The smallest absolute Gasteiger partial charge is 0.337 e. The van der Waals surface area contributed by atoms with Gasteiger partial charge in [-0.2, -0.15) is 5.10 Å². The van der Waals surface area contributed by atoms with Gasteiger partial charge >= 0.3 is 12.0 Å². The van der Waals surface area contributed by atoms with E-state index in [2.05, 4.69) is 21.2 Å². The first-order valence-electron chi connectivity index (χ1n) is 12.5.